The van der Waals surface area contributed by atoms with Gasteiger partial charge >= 0.3 is 5.97 Å². The van der Waals surface area contributed by atoms with Crippen molar-refractivity contribution in [3.63, 3.8) is 0 Å². The Morgan fingerprint density at radius 1 is 0.750 bits per heavy atom. The van der Waals surface area contributed by atoms with Crippen LogP contribution in [-0.4, -0.2) is 13.1 Å². The first kappa shape index (κ1) is 16.3. The zero-order valence-electron chi connectivity index (χ0n) is 13.7. The smallest absolute Gasteiger partial charge is 0.337 e. The molecule has 0 radical (unpaired) electrons. The minimum Gasteiger partial charge on any atom is -0.465 e. The molecule has 1 unspecified atom stereocenters. The highest BCUT2D eigenvalue weighted by atomic mass is 32.2. The van der Waals surface area contributed by atoms with Gasteiger partial charge in [-0.2, -0.15) is 0 Å². The monoisotopic (exact) mass is 335 g/mol. The summed E-state index contributed by atoms with van der Waals surface area (Å²) in [4.78, 5) is 15.3. The second kappa shape index (κ2) is 7.37. The van der Waals surface area contributed by atoms with Gasteiger partial charge in [-0.1, -0.05) is 35.9 Å². The molecular weight excluding hydrogens is 316 g/mol. The van der Waals surface area contributed by atoms with Crippen molar-refractivity contribution < 1.29 is 9.53 Å². The summed E-state index contributed by atoms with van der Waals surface area (Å²) in [6.07, 6.45) is 0. The molecule has 0 aliphatic carbocycles. The quantitative estimate of drug-likeness (QED) is 0.502. The van der Waals surface area contributed by atoms with Crippen LogP contribution in [0.4, 0.5) is 0 Å². The SMILES string of the molecule is COC(=O)c1ccc([S+](c2ccccc2)c2ccc(C)cc2)cc1. The Morgan fingerprint density at radius 2 is 1.25 bits per heavy atom. The van der Waals surface area contributed by atoms with Gasteiger partial charge in [0.1, 0.15) is 0 Å². The predicted octanol–water partition coefficient (Wildman–Crippen LogP) is 4.88. The fourth-order valence-electron chi connectivity index (χ4n) is 2.48. The van der Waals surface area contributed by atoms with Gasteiger partial charge in [-0.15, -0.1) is 0 Å². The topological polar surface area (TPSA) is 26.3 Å². The molecule has 0 aliphatic heterocycles. The molecule has 24 heavy (non-hydrogen) atoms. The van der Waals surface area contributed by atoms with Gasteiger partial charge in [-0.3, -0.25) is 0 Å². The average Bonchev–Trinajstić information content (AvgIpc) is 2.64. The summed E-state index contributed by atoms with van der Waals surface area (Å²) < 4.78 is 4.78. The predicted molar refractivity (Wildman–Crippen MR) is 97.6 cm³/mol. The highest BCUT2D eigenvalue weighted by molar-refractivity contribution is 7.97. The lowest BCUT2D eigenvalue weighted by Crippen LogP contribution is -2.06. The molecule has 0 saturated carbocycles. The summed E-state index contributed by atoms with van der Waals surface area (Å²) >= 11 is 0. The Bertz CT molecular complexity index is 809. The van der Waals surface area contributed by atoms with Gasteiger partial charge in [0.05, 0.1) is 23.6 Å². The molecule has 0 heterocycles. The summed E-state index contributed by atoms with van der Waals surface area (Å²) in [5.41, 5.74) is 1.82. The molecule has 3 rings (SSSR count). The van der Waals surface area contributed by atoms with Crippen LogP contribution in [0, 0.1) is 6.92 Å². The highest BCUT2D eigenvalue weighted by Gasteiger charge is 2.28. The number of hydrogen-bond acceptors (Lipinski definition) is 2. The van der Waals surface area contributed by atoms with Crippen molar-refractivity contribution >= 4 is 16.9 Å². The number of aryl methyl sites for hydroxylation is 1. The van der Waals surface area contributed by atoms with E-state index in [0.29, 0.717) is 5.56 Å². The standard InChI is InChI=1S/C21H19O2S/c1-16-8-12-19(13-9-16)24(18-6-4-3-5-7-18)20-14-10-17(11-15-20)21(22)23-2/h3-15H,1-2H3/q+1. The van der Waals surface area contributed by atoms with E-state index in [1.54, 1.807) is 0 Å². The number of carbonyl (C=O) groups is 1. The van der Waals surface area contributed by atoms with Crippen LogP contribution in [0.25, 0.3) is 0 Å². The summed E-state index contributed by atoms with van der Waals surface area (Å²) in [7, 11) is 1.20. The van der Waals surface area contributed by atoms with Crippen LogP contribution in [0.15, 0.2) is 93.5 Å². The Kier molecular flexibility index (Phi) is 5.02. The molecule has 0 bridgehead atoms. The van der Waals surface area contributed by atoms with Crippen LogP contribution < -0.4 is 0 Å². The van der Waals surface area contributed by atoms with Crippen LogP contribution >= 0.6 is 0 Å². The largest absolute Gasteiger partial charge is 0.465 e. The van der Waals surface area contributed by atoms with Crippen LogP contribution in [0.5, 0.6) is 0 Å². The van der Waals surface area contributed by atoms with E-state index in [1.165, 1.54) is 27.4 Å². The molecule has 3 aromatic carbocycles. The van der Waals surface area contributed by atoms with Crippen LogP contribution in [0.1, 0.15) is 15.9 Å². The Morgan fingerprint density at radius 3 is 1.79 bits per heavy atom. The summed E-state index contributed by atoms with van der Waals surface area (Å²) in [6.45, 7) is 2.09. The lowest BCUT2D eigenvalue weighted by molar-refractivity contribution is 0.0600. The maximum Gasteiger partial charge on any atom is 0.337 e. The van der Waals surface area contributed by atoms with E-state index in [1.807, 2.05) is 30.3 Å². The normalized spacial score (nSPS) is 11.8. The zero-order valence-corrected chi connectivity index (χ0v) is 14.5. The zero-order chi connectivity index (χ0) is 16.9. The average molecular weight is 335 g/mol. The van der Waals surface area contributed by atoms with Crippen molar-refractivity contribution in [2.45, 2.75) is 21.6 Å². The van der Waals surface area contributed by atoms with Crippen molar-refractivity contribution in [3.05, 3.63) is 90.0 Å². The van der Waals surface area contributed by atoms with Gasteiger partial charge in [-0.05, 0) is 55.5 Å². The van der Waals surface area contributed by atoms with Crippen LogP contribution in [0.2, 0.25) is 0 Å². The summed E-state index contributed by atoms with van der Waals surface area (Å²) in [6, 6.07) is 26.8. The first-order valence-electron chi connectivity index (χ1n) is 7.73. The van der Waals surface area contributed by atoms with E-state index in [-0.39, 0.29) is 16.9 Å². The van der Waals surface area contributed by atoms with Crippen LogP contribution in [0.3, 0.4) is 0 Å². The van der Waals surface area contributed by atoms with E-state index in [0.717, 1.165) is 0 Å². The number of esters is 1. The second-order valence-electron chi connectivity index (χ2n) is 5.45. The minimum atomic E-state index is -0.309. The molecule has 2 nitrogen and oxygen atoms in total. The lowest BCUT2D eigenvalue weighted by Gasteiger charge is -2.08. The molecule has 0 aromatic heterocycles. The Labute approximate surface area is 145 Å². The number of benzene rings is 3. The van der Waals surface area contributed by atoms with Gasteiger partial charge in [0.2, 0.25) is 0 Å². The second-order valence-corrected chi connectivity index (χ2v) is 7.47. The van der Waals surface area contributed by atoms with Crippen molar-refractivity contribution in [1.82, 2.24) is 0 Å². The van der Waals surface area contributed by atoms with Gasteiger partial charge in [0.25, 0.3) is 0 Å². The lowest BCUT2D eigenvalue weighted by atomic mass is 10.2. The fourth-order valence-corrected chi connectivity index (χ4v) is 4.55. The van der Waals surface area contributed by atoms with E-state index in [4.69, 9.17) is 4.74 Å². The molecule has 120 valence electrons. The third kappa shape index (κ3) is 3.52. The molecular formula is C21H19O2S+. The molecule has 0 saturated heterocycles. The number of carbonyl (C=O) groups excluding carboxylic acids is 1. The minimum absolute atomic E-state index is 0.198. The van der Waals surface area contributed by atoms with Crippen molar-refractivity contribution in [2.75, 3.05) is 7.11 Å². The van der Waals surface area contributed by atoms with Crippen molar-refractivity contribution in [3.8, 4) is 0 Å². The van der Waals surface area contributed by atoms with Gasteiger partial charge in [-0.25, -0.2) is 4.79 Å². The summed E-state index contributed by atoms with van der Waals surface area (Å²) in [5, 5.41) is 0. The Balaban J connectivity index is 2.05. The first-order chi connectivity index (χ1) is 11.7. The number of methoxy groups -OCH3 is 1. The van der Waals surface area contributed by atoms with Crippen molar-refractivity contribution in [2.24, 2.45) is 0 Å². The molecule has 0 fully saturated rings. The fraction of sp³-hybridized carbons (Fsp3) is 0.0952. The number of ether oxygens (including phenoxy) is 1. The van der Waals surface area contributed by atoms with E-state index < -0.39 is 0 Å². The molecule has 0 amide bonds. The molecule has 1 atom stereocenters. The third-order valence-corrected chi connectivity index (χ3v) is 5.98. The molecule has 0 spiro atoms. The van der Waals surface area contributed by atoms with Crippen molar-refractivity contribution in [1.29, 1.82) is 0 Å². The molecule has 0 N–H and O–H groups in total. The number of hydrogen-bond donors (Lipinski definition) is 0. The van der Waals surface area contributed by atoms with Gasteiger partial charge < -0.3 is 4.74 Å². The van der Waals surface area contributed by atoms with Gasteiger partial charge in [0.15, 0.2) is 14.7 Å². The maximum atomic E-state index is 11.7. The number of rotatable bonds is 4. The third-order valence-electron chi connectivity index (χ3n) is 3.75. The van der Waals surface area contributed by atoms with E-state index in [9.17, 15) is 4.79 Å². The highest BCUT2D eigenvalue weighted by Crippen LogP contribution is 2.31. The van der Waals surface area contributed by atoms with E-state index >= 15 is 0 Å². The summed E-state index contributed by atoms with van der Waals surface area (Å²) in [5.74, 6) is -0.309. The molecule has 0 aliphatic rings. The maximum absolute atomic E-state index is 11.7. The van der Waals surface area contributed by atoms with E-state index in [2.05, 4.69) is 55.5 Å². The van der Waals surface area contributed by atoms with Gasteiger partial charge in [0, 0.05) is 0 Å². The van der Waals surface area contributed by atoms with Crippen LogP contribution in [-0.2, 0) is 15.6 Å². The molecule has 3 heteroatoms. The molecule has 3 aromatic rings. The Hall–Kier alpha value is -2.52. The first-order valence-corrected chi connectivity index (χ1v) is 8.96.